The molecule has 1 aliphatic rings. The first kappa shape index (κ1) is 9.20. The van der Waals surface area contributed by atoms with Gasteiger partial charge in [0.15, 0.2) is 0 Å². The molecule has 0 bridgehead atoms. The van der Waals surface area contributed by atoms with Crippen molar-refractivity contribution in [3.8, 4) is 0 Å². The van der Waals surface area contributed by atoms with Crippen molar-refractivity contribution in [3.63, 3.8) is 0 Å². The molecule has 0 heterocycles. The molecule has 72 valence electrons. The van der Waals surface area contributed by atoms with E-state index in [4.69, 9.17) is 0 Å². The van der Waals surface area contributed by atoms with Crippen LogP contribution in [0.4, 0.5) is 0 Å². The molecular weight excluding hydrogens is 172 g/mol. The molecule has 1 nitrogen and oxygen atoms in total. The molecule has 0 aromatic heterocycles. The largest absolute Gasteiger partial charge is 0.299 e. The van der Waals surface area contributed by atoms with Gasteiger partial charge in [0.05, 0.1) is 0 Å². The predicted molar refractivity (Wildman–Crippen MR) is 57.0 cm³/mol. The zero-order valence-corrected chi connectivity index (χ0v) is 8.20. The highest BCUT2D eigenvalue weighted by molar-refractivity contribution is 5.87. The third-order valence-electron chi connectivity index (χ3n) is 2.69. The maximum Gasteiger partial charge on any atom is 0.140 e. The molecule has 0 N–H and O–H groups in total. The molecule has 2 rings (SSSR count). The van der Waals surface area contributed by atoms with Crippen LogP contribution in [0.5, 0.6) is 0 Å². The van der Waals surface area contributed by atoms with E-state index < -0.39 is 0 Å². The Balaban J connectivity index is 1.83. The van der Waals surface area contributed by atoms with E-state index in [1.807, 2.05) is 18.2 Å². The van der Waals surface area contributed by atoms with Crippen LogP contribution in [-0.2, 0) is 11.2 Å². The molecule has 0 radical (unpaired) electrons. The minimum atomic E-state index is 0.193. The highest BCUT2D eigenvalue weighted by Crippen LogP contribution is 2.37. The molecule has 1 heteroatoms. The second-order valence-electron chi connectivity index (χ2n) is 3.87. The number of benzene rings is 1. The number of rotatable bonds is 4. The molecular formula is C13H14O. The Labute approximate surface area is 84.5 Å². The quantitative estimate of drug-likeness (QED) is 0.661. The summed E-state index contributed by atoms with van der Waals surface area (Å²) in [6.07, 6.45) is 2.45. The third kappa shape index (κ3) is 2.11. The topological polar surface area (TPSA) is 17.1 Å². The standard InChI is InChI=1S/C13H14O/c1-10-9-12(10)13(14)8-7-11-5-3-2-4-6-11/h2-6,12H,1,7-9H2. The van der Waals surface area contributed by atoms with Crippen molar-refractivity contribution in [1.29, 1.82) is 0 Å². The molecule has 1 atom stereocenters. The molecule has 0 amide bonds. The van der Waals surface area contributed by atoms with Crippen molar-refractivity contribution in [3.05, 3.63) is 48.0 Å². The summed E-state index contributed by atoms with van der Waals surface area (Å²) >= 11 is 0. The monoisotopic (exact) mass is 186 g/mol. The van der Waals surface area contributed by atoms with Crippen molar-refractivity contribution in [2.45, 2.75) is 19.3 Å². The molecule has 1 aromatic rings. The number of hydrogen-bond donors (Lipinski definition) is 0. The van der Waals surface area contributed by atoms with Gasteiger partial charge in [-0.15, -0.1) is 0 Å². The van der Waals surface area contributed by atoms with E-state index in [1.54, 1.807) is 0 Å². The summed E-state index contributed by atoms with van der Waals surface area (Å²) < 4.78 is 0. The van der Waals surface area contributed by atoms with Crippen LogP contribution in [0.15, 0.2) is 42.5 Å². The lowest BCUT2D eigenvalue weighted by molar-refractivity contribution is -0.119. The highest BCUT2D eigenvalue weighted by Gasteiger charge is 2.33. The fraction of sp³-hybridized carbons (Fsp3) is 0.308. The van der Waals surface area contributed by atoms with Crippen LogP contribution in [-0.4, -0.2) is 5.78 Å². The van der Waals surface area contributed by atoms with Crippen LogP contribution in [0.1, 0.15) is 18.4 Å². The van der Waals surface area contributed by atoms with Crippen LogP contribution in [0.3, 0.4) is 0 Å². The Hall–Kier alpha value is -1.37. The average Bonchev–Trinajstić information content (AvgIpc) is 2.94. The zero-order valence-electron chi connectivity index (χ0n) is 8.20. The van der Waals surface area contributed by atoms with Crippen molar-refractivity contribution >= 4 is 5.78 Å². The number of allylic oxidation sites excluding steroid dienone is 1. The summed E-state index contributed by atoms with van der Waals surface area (Å²) in [5.74, 6) is 0.553. The molecule has 0 saturated heterocycles. The Morgan fingerprint density at radius 2 is 2.00 bits per heavy atom. The third-order valence-corrected chi connectivity index (χ3v) is 2.69. The van der Waals surface area contributed by atoms with Crippen LogP contribution < -0.4 is 0 Å². The van der Waals surface area contributed by atoms with E-state index >= 15 is 0 Å². The van der Waals surface area contributed by atoms with Gasteiger partial charge in [-0.2, -0.15) is 0 Å². The number of hydrogen-bond acceptors (Lipinski definition) is 1. The van der Waals surface area contributed by atoms with Gasteiger partial charge in [0.2, 0.25) is 0 Å². The van der Waals surface area contributed by atoms with Crippen LogP contribution >= 0.6 is 0 Å². The number of carbonyl (C=O) groups is 1. The number of carbonyl (C=O) groups excluding carboxylic acids is 1. The van der Waals surface area contributed by atoms with E-state index in [2.05, 4.69) is 18.7 Å². The minimum absolute atomic E-state index is 0.193. The molecule has 1 saturated carbocycles. The van der Waals surface area contributed by atoms with E-state index in [9.17, 15) is 4.79 Å². The van der Waals surface area contributed by atoms with Crippen LogP contribution in [0.2, 0.25) is 0 Å². The summed E-state index contributed by atoms with van der Waals surface area (Å²) in [6.45, 7) is 3.80. The summed E-state index contributed by atoms with van der Waals surface area (Å²) in [7, 11) is 0. The fourth-order valence-electron chi connectivity index (χ4n) is 1.63. The number of aryl methyl sites for hydroxylation is 1. The van der Waals surface area contributed by atoms with E-state index in [0.29, 0.717) is 12.2 Å². The highest BCUT2D eigenvalue weighted by atomic mass is 16.1. The lowest BCUT2D eigenvalue weighted by atomic mass is 10.1. The smallest absolute Gasteiger partial charge is 0.140 e. The van der Waals surface area contributed by atoms with Gasteiger partial charge < -0.3 is 0 Å². The molecule has 14 heavy (non-hydrogen) atoms. The lowest BCUT2D eigenvalue weighted by Crippen LogP contribution is -2.02. The lowest BCUT2D eigenvalue weighted by Gasteiger charge is -1.99. The summed E-state index contributed by atoms with van der Waals surface area (Å²) in [5.41, 5.74) is 2.36. The zero-order chi connectivity index (χ0) is 9.97. The Bertz CT molecular complexity index is 351. The van der Waals surface area contributed by atoms with Gasteiger partial charge in [0.1, 0.15) is 5.78 Å². The van der Waals surface area contributed by atoms with Gasteiger partial charge in [0, 0.05) is 12.3 Å². The Kier molecular flexibility index (Phi) is 2.49. The number of ketones is 1. The van der Waals surface area contributed by atoms with Crippen LogP contribution in [0, 0.1) is 5.92 Å². The Morgan fingerprint density at radius 1 is 1.36 bits per heavy atom. The summed E-state index contributed by atoms with van der Waals surface area (Å²) in [5, 5.41) is 0. The maximum absolute atomic E-state index is 11.5. The molecule has 1 fully saturated rings. The van der Waals surface area contributed by atoms with Gasteiger partial charge in [-0.1, -0.05) is 42.5 Å². The van der Waals surface area contributed by atoms with E-state index in [-0.39, 0.29) is 5.92 Å². The normalized spacial score (nSPS) is 19.4. The summed E-state index contributed by atoms with van der Waals surface area (Å²) in [6, 6.07) is 10.1. The number of Topliss-reactive ketones (excluding diaryl/α,β-unsaturated/α-hetero) is 1. The van der Waals surface area contributed by atoms with Crippen molar-refractivity contribution in [1.82, 2.24) is 0 Å². The minimum Gasteiger partial charge on any atom is -0.299 e. The maximum atomic E-state index is 11.5. The molecule has 1 aromatic carbocycles. The first-order valence-electron chi connectivity index (χ1n) is 5.01. The Morgan fingerprint density at radius 3 is 2.57 bits per heavy atom. The van der Waals surface area contributed by atoms with Crippen molar-refractivity contribution in [2.24, 2.45) is 5.92 Å². The van der Waals surface area contributed by atoms with E-state index in [1.165, 1.54) is 5.56 Å². The second kappa shape index (κ2) is 3.79. The van der Waals surface area contributed by atoms with Gasteiger partial charge in [0.25, 0.3) is 0 Å². The first-order chi connectivity index (χ1) is 6.77. The summed E-state index contributed by atoms with van der Waals surface area (Å²) in [4.78, 5) is 11.5. The fourth-order valence-corrected chi connectivity index (χ4v) is 1.63. The van der Waals surface area contributed by atoms with E-state index in [0.717, 1.165) is 18.4 Å². The van der Waals surface area contributed by atoms with Gasteiger partial charge in [-0.3, -0.25) is 4.79 Å². The SMILES string of the molecule is C=C1CC1C(=O)CCc1ccccc1. The second-order valence-corrected chi connectivity index (χ2v) is 3.87. The molecule has 0 aliphatic heterocycles. The molecule has 0 spiro atoms. The average molecular weight is 186 g/mol. The van der Waals surface area contributed by atoms with Gasteiger partial charge >= 0.3 is 0 Å². The predicted octanol–water partition coefficient (Wildman–Crippen LogP) is 2.76. The van der Waals surface area contributed by atoms with Crippen LogP contribution in [0.25, 0.3) is 0 Å². The molecule has 1 aliphatic carbocycles. The van der Waals surface area contributed by atoms with Crippen molar-refractivity contribution < 1.29 is 4.79 Å². The van der Waals surface area contributed by atoms with Crippen molar-refractivity contribution in [2.75, 3.05) is 0 Å². The first-order valence-corrected chi connectivity index (χ1v) is 5.01. The van der Waals surface area contributed by atoms with Gasteiger partial charge in [-0.25, -0.2) is 0 Å². The molecule has 1 unspecified atom stereocenters. The van der Waals surface area contributed by atoms with Gasteiger partial charge in [-0.05, 0) is 18.4 Å².